The molecule has 138 valence electrons. The molecule has 1 aliphatic heterocycles. The van der Waals surface area contributed by atoms with Crippen LogP contribution in [0.3, 0.4) is 0 Å². The Morgan fingerprint density at radius 1 is 1.19 bits per heavy atom. The van der Waals surface area contributed by atoms with Crippen molar-refractivity contribution < 1.29 is 14.0 Å². The Labute approximate surface area is 152 Å². The summed E-state index contributed by atoms with van der Waals surface area (Å²) in [5.74, 6) is 0.318. The number of nitrogens with one attached hydrogen (secondary N) is 2. The molecule has 3 rings (SSSR count). The second-order valence-electron chi connectivity index (χ2n) is 6.36. The maximum absolute atomic E-state index is 12.2. The summed E-state index contributed by atoms with van der Waals surface area (Å²) in [4.78, 5) is 33.1. The van der Waals surface area contributed by atoms with Crippen molar-refractivity contribution in [2.75, 3.05) is 43.4 Å². The highest BCUT2D eigenvalue weighted by atomic mass is 16.3. The Bertz CT molecular complexity index is 737. The topological polar surface area (TPSA) is 90.7 Å². The average Bonchev–Trinajstić information content (AvgIpc) is 3.18. The number of pyridine rings is 1. The SMILES string of the molecule is CC(NC(=O)c1ccco1)C(=O)Nc1ccc(N2CCN(C)CC2)nc1. The van der Waals surface area contributed by atoms with Gasteiger partial charge in [0.15, 0.2) is 5.76 Å². The minimum Gasteiger partial charge on any atom is -0.459 e. The van der Waals surface area contributed by atoms with Crippen LogP contribution in [0.1, 0.15) is 17.5 Å². The number of nitrogens with zero attached hydrogens (tertiary/aromatic N) is 3. The van der Waals surface area contributed by atoms with Crippen molar-refractivity contribution >= 4 is 23.3 Å². The average molecular weight is 357 g/mol. The van der Waals surface area contributed by atoms with Crippen molar-refractivity contribution in [3.05, 3.63) is 42.5 Å². The van der Waals surface area contributed by atoms with E-state index in [1.165, 1.54) is 6.26 Å². The zero-order valence-corrected chi connectivity index (χ0v) is 14.9. The number of carbonyl (C=O) groups excluding carboxylic acids is 2. The van der Waals surface area contributed by atoms with Gasteiger partial charge in [-0.1, -0.05) is 0 Å². The molecule has 2 amide bonds. The van der Waals surface area contributed by atoms with Crippen LogP contribution in [-0.4, -0.2) is 61.0 Å². The second-order valence-corrected chi connectivity index (χ2v) is 6.36. The van der Waals surface area contributed by atoms with Gasteiger partial charge in [-0.25, -0.2) is 4.98 Å². The van der Waals surface area contributed by atoms with Crippen molar-refractivity contribution in [1.82, 2.24) is 15.2 Å². The third-order valence-electron chi connectivity index (χ3n) is 4.33. The number of carbonyl (C=O) groups is 2. The fraction of sp³-hybridized carbons (Fsp3) is 0.389. The minimum absolute atomic E-state index is 0.169. The highest BCUT2D eigenvalue weighted by Gasteiger charge is 2.19. The quantitative estimate of drug-likeness (QED) is 0.835. The Morgan fingerprint density at radius 3 is 2.58 bits per heavy atom. The first kappa shape index (κ1) is 17.9. The highest BCUT2D eigenvalue weighted by Crippen LogP contribution is 2.16. The number of hydrogen-bond acceptors (Lipinski definition) is 6. The first-order chi connectivity index (χ1) is 12.5. The predicted octanol–water partition coefficient (Wildman–Crippen LogP) is 1.18. The van der Waals surface area contributed by atoms with E-state index in [-0.39, 0.29) is 11.7 Å². The van der Waals surface area contributed by atoms with E-state index >= 15 is 0 Å². The molecule has 26 heavy (non-hydrogen) atoms. The minimum atomic E-state index is -0.704. The second kappa shape index (κ2) is 8.01. The summed E-state index contributed by atoms with van der Waals surface area (Å²) in [7, 11) is 2.11. The Morgan fingerprint density at radius 2 is 1.96 bits per heavy atom. The van der Waals surface area contributed by atoms with Crippen LogP contribution in [0.25, 0.3) is 0 Å². The number of aromatic nitrogens is 1. The number of likely N-dealkylation sites (N-methyl/N-ethyl adjacent to an activating group) is 1. The van der Waals surface area contributed by atoms with Gasteiger partial charge in [0.1, 0.15) is 11.9 Å². The Balaban J connectivity index is 1.53. The summed E-state index contributed by atoms with van der Waals surface area (Å²) in [6, 6.07) is 6.17. The smallest absolute Gasteiger partial charge is 0.287 e. The van der Waals surface area contributed by atoms with Gasteiger partial charge >= 0.3 is 0 Å². The fourth-order valence-electron chi connectivity index (χ4n) is 2.67. The number of furan rings is 1. The molecule has 0 aliphatic carbocycles. The number of piperazine rings is 1. The van der Waals surface area contributed by atoms with Gasteiger partial charge in [0.2, 0.25) is 5.91 Å². The third-order valence-corrected chi connectivity index (χ3v) is 4.33. The van der Waals surface area contributed by atoms with E-state index in [0.717, 1.165) is 32.0 Å². The molecule has 1 aliphatic rings. The number of hydrogen-bond donors (Lipinski definition) is 2. The standard InChI is InChI=1S/C18H23N5O3/c1-13(20-18(25)15-4-3-11-26-15)17(24)21-14-5-6-16(19-12-14)23-9-7-22(2)8-10-23/h3-6,11-13H,7-10H2,1-2H3,(H,20,25)(H,21,24). The maximum Gasteiger partial charge on any atom is 0.287 e. The predicted molar refractivity (Wildman–Crippen MR) is 98.2 cm³/mol. The lowest BCUT2D eigenvalue weighted by molar-refractivity contribution is -0.117. The summed E-state index contributed by atoms with van der Waals surface area (Å²) in [5, 5.41) is 5.35. The van der Waals surface area contributed by atoms with Crippen molar-refractivity contribution in [1.29, 1.82) is 0 Å². The summed E-state index contributed by atoms with van der Waals surface area (Å²) >= 11 is 0. The molecular weight excluding hydrogens is 334 g/mol. The summed E-state index contributed by atoms with van der Waals surface area (Å²) in [5.41, 5.74) is 0.590. The molecule has 0 radical (unpaired) electrons. The molecule has 2 N–H and O–H groups in total. The van der Waals surface area contributed by atoms with Gasteiger partial charge < -0.3 is 24.9 Å². The zero-order valence-electron chi connectivity index (χ0n) is 14.9. The monoisotopic (exact) mass is 357 g/mol. The molecule has 0 aromatic carbocycles. The van der Waals surface area contributed by atoms with E-state index < -0.39 is 11.9 Å². The van der Waals surface area contributed by atoms with E-state index in [0.29, 0.717) is 5.69 Å². The van der Waals surface area contributed by atoms with E-state index in [1.807, 2.05) is 12.1 Å². The van der Waals surface area contributed by atoms with Crippen molar-refractivity contribution in [3.8, 4) is 0 Å². The Kier molecular flexibility index (Phi) is 5.52. The van der Waals surface area contributed by atoms with Gasteiger partial charge in [-0.05, 0) is 38.2 Å². The van der Waals surface area contributed by atoms with Crippen LogP contribution in [-0.2, 0) is 4.79 Å². The van der Waals surface area contributed by atoms with E-state index in [4.69, 9.17) is 4.42 Å². The molecule has 8 heteroatoms. The molecule has 1 atom stereocenters. The number of anilines is 2. The van der Waals surface area contributed by atoms with Gasteiger partial charge in [-0.15, -0.1) is 0 Å². The number of amides is 2. The molecule has 0 bridgehead atoms. The molecule has 1 unspecified atom stereocenters. The molecular formula is C18H23N5O3. The molecule has 8 nitrogen and oxygen atoms in total. The lowest BCUT2D eigenvalue weighted by atomic mass is 10.2. The first-order valence-corrected chi connectivity index (χ1v) is 8.58. The van der Waals surface area contributed by atoms with Gasteiger partial charge in [0.25, 0.3) is 5.91 Å². The molecule has 3 heterocycles. The van der Waals surface area contributed by atoms with Crippen molar-refractivity contribution in [3.63, 3.8) is 0 Å². The maximum atomic E-state index is 12.2. The van der Waals surface area contributed by atoms with E-state index in [2.05, 4.69) is 32.5 Å². The lowest BCUT2D eigenvalue weighted by Crippen LogP contribution is -2.44. The summed E-state index contributed by atoms with van der Waals surface area (Å²) < 4.78 is 5.01. The molecule has 1 saturated heterocycles. The van der Waals surface area contributed by atoms with Gasteiger partial charge in [0, 0.05) is 26.2 Å². The lowest BCUT2D eigenvalue weighted by Gasteiger charge is -2.33. The highest BCUT2D eigenvalue weighted by molar-refractivity contribution is 5.99. The van der Waals surface area contributed by atoms with Gasteiger partial charge in [0.05, 0.1) is 18.1 Å². The normalized spacial score (nSPS) is 16.2. The van der Waals surface area contributed by atoms with Crippen LogP contribution in [0.4, 0.5) is 11.5 Å². The molecule has 2 aromatic heterocycles. The largest absolute Gasteiger partial charge is 0.459 e. The van der Waals surface area contributed by atoms with Crippen molar-refractivity contribution in [2.24, 2.45) is 0 Å². The molecule has 2 aromatic rings. The fourth-order valence-corrected chi connectivity index (χ4v) is 2.67. The van der Waals surface area contributed by atoms with Crippen LogP contribution >= 0.6 is 0 Å². The van der Waals surface area contributed by atoms with Gasteiger partial charge in [-0.2, -0.15) is 0 Å². The van der Waals surface area contributed by atoms with E-state index in [9.17, 15) is 9.59 Å². The zero-order chi connectivity index (χ0) is 18.5. The first-order valence-electron chi connectivity index (χ1n) is 8.58. The number of rotatable bonds is 5. The molecule has 0 spiro atoms. The summed E-state index contributed by atoms with van der Waals surface area (Å²) in [6.07, 6.45) is 3.04. The van der Waals surface area contributed by atoms with Crippen LogP contribution in [0.15, 0.2) is 41.1 Å². The summed E-state index contributed by atoms with van der Waals surface area (Å²) in [6.45, 7) is 5.50. The van der Waals surface area contributed by atoms with Crippen LogP contribution in [0.5, 0.6) is 0 Å². The van der Waals surface area contributed by atoms with E-state index in [1.54, 1.807) is 25.3 Å². The Hall–Kier alpha value is -2.87. The molecule has 0 saturated carbocycles. The van der Waals surface area contributed by atoms with Crippen molar-refractivity contribution in [2.45, 2.75) is 13.0 Å². The van der Waals surface area contributed by atoms with Crippen LogP contribution in [0, 0.1) is 0 Å². The molecule has 1 fully saturated rings. The van der Waals surface area contributed by atoms with Gasteiger partial charge in [-0.3, -0.25) is 9.59 Å². The third kappa shape index (κ3) is 4.40. The van der Waals surface area contributed by atoms with Crippen LogP contribution in [0.2, 0.25) is 0 Å². The van der Waals surface area contributed by atoms with Crippen LogP contribution < -0.4 is 15.5 Å².